The van der Waals surface area contributed by atoms with E-state index in [1.807, 2.05) is 7.05 Å². The van der Waals surface area contributed by atoms with Crippen molar-refractivity contribution in [2.24, 2.45) is 5.41 Å². The van der Waals surface area contributed by atoms with Crippen LogP contribution in [-0.4, -0.2) is 26.0 Å². The molecule has 1 aromatic carbocycles. The van der Waals surface area contributed by atoms with Crippen molar-refractivity contribution in [2.45, 2.75) is 65.5 Å². The summed E-state index contributed by atoms with van der Waals surface area (Å²) in [5, 5.41) is 0. The molecule has 0 bridgehead atoms. The minimum absolute atomic E-state index is 0. The zero-order chi connectivity index (χ0) is 17.4. The average Bonchev–Trinajstić information content (AvgIpc) is 2.72. The number of fused-ring (bicyclic) bond motifs is 1. The molecule has 24 heavy (non-hydrogen) atoms. The second kappa shape index (κ2) is 7.80. The quantitative estimate of drug-likeness (QED) is 0.668. The van der Waals surface area contributed by atoms with E-state index < -0.39 is 8.84 Å². The van der Waals surface area contributed by atoms with Gasteiger partial charge in [0, 0.05) is 24.5 Å². The van der Waals surface area contributed by atoms with Gasteiger partial charge in [-0.05, 0) is 43.7 Å². The van der Waals surface area contributed by atoms with Crippen molar-refractivity contribution < 1.29 is 26.2 Å². The summed E-state index contributed by atoms with van der Waals surface area (Å²) in [7, 11) is 0.201. The molecule has 126 valence electrons. The van der Waals surface area contributed by atoms with Crippen molar-refractivity contribution in [1.29, 1.82) is 0 Å². The number of nitrogens with zero attached hydrogens (tertiary/aromatic N) is 1. The van der Waals surface area contributed by atoms with Crippen molar-refractivity contribution >= 4 is 14.9 Å². The Morgan fingerprint density at radius 3 is 2.21 bits per heavy atom. The Balaban J connectivity index is 0.00000288. The van der Waals surface area contributed by atoms with Crippen molar-refractivity contribution in [2.75, 3.05) is 7.05 Å². The zero-order valence-electron chi connectivity index (χ0n) is 16.2. The SMILES string of the molecule is CN([Si](=O)CC1C(CC(C)(C)C)=Cc2ccccc21)C(C)(C)C.[Ti+4]. The van der Waals surface area contributed by atoms with Crippen molar-refractivity contribution in [1.82, 2.24) is 4.57 Å². The van der Waals surface area contributed by atoms with E-state index in [0.717, 1.165) is 12.5 Å². The molecule has 0 heterocycles. The fraction of sp³-hybridized carbons (Fsp3) is 0.600. The Bertz CT molecular complexity index is 625. The van der Waals surface area contributed by atoms with Gasteiger partial charge < -0.3 is 9.03 Å². The molecule has 0 amide bonds. The summed E-state index contributed by atoms with van der Waals surface area (Å²) in [5.41, 5.74) is 4.30. The van der Waals surface area contributed by atoms with Crippen molar-refractivity contribution in [3.05, 3.63) is 41.0 Å². The molecule has 0 fully saturated rings. The predicted molar refractivity (Wildman–Crippen MR) is 100.0 cm³/mol. The Kier molecular flexibility index (Phi) is 7.00. The minimum atomic E-state index is -1.79. The second-order valence-corrected chi connectivity index (χ2v) is 10.8. The van der Waals surface area contributed by atoms with Crippen molar-refractivity contribution in [3.63, 3.8) is 0 Å². The summed E-state index contributed by atoms with van der Waals surface area (Å²) in [5.74, 6) is 0.307. The molecular weight excluding hydrogens is 346 g/mol. The zero-order valence-corrected chi connectivity index (χ0v) is 18.8. The third-order valence-electron chi connectivity index (χ3n) is 4.65. The van der Waals surface area contributed by atoms with Crippen LogP contribution < -0.4 is 0 Å². The Morgan fingerprint density at radius 1 is 1.08 bits per heavy atom. The molecule has 2 rings (SSSR count). The fourth-order valence-corrected chi connectivity index (χ4v) is 5.03. The van der Waals surface area contributed by atoms with Crippen LogP contribution in [0.5, 0.6) is 0 Å². The van der Waals surface area contributed by atoms with Crippen LogP contribution in [0.15, 0.2) is 29.8 Å². The maximum Gasteiger partial charge on any atom is 4.00 e. The normalized spacial score (nSPS) is 17.0. The summed E-state index contributed by atoms with van der Waals surface area (Å²) < 4.78 is 15.0. The van der Waals surface area contributed by atoms with Crippen LogP contribution in [0, 0.1) is 5.41 Å². The molecule has 2 nitrogen and oxygen atoms in total. The number of hydrogen-bond acceptors (Lipinski definition) is 1. The van der Waals surface area contributed by atoms with Gasteiger partial charge in [0.1, 0.15) is 0 Å². The standard InChI is InChI=1S/C20H31NOSi.Ti/c1-19(2,3)13-16-12-15-10-8-9-11-17(15)18(16)14-23(22)21(7)20(4,5)6;/h8-12,18H,13-14H2,1-7H3;/q;+4. The summed E-state index contributed by atoms with van der Waals surface area (Å²) in [6, 6.07) is 9.33. The van der Waals surface area contributed by atoms with Gasteiger partial charge in [-0.2, -0.15) is 0 Å². The Morgan fingerprint density at radius 2 is 1.67 bits per heavy atom. The molecule has 0 radical (unpaired) electrons. The first kappa shape index (κ1) is 21.5. The van der Waals surface area contributed by atoms with Crippen LogP contribution in [0.2, 0.25) is 6.04 Å². The van der Waals surface area contributed by atoms with Gasteiger partial charge in [0.05, 0.1) is 0 Å². The van der Waals surface area contributed by atoms with Crippen LogP contribution in [0.25, 0.3) is 6.08 Å². The summed E-state index contributed by atoms with van der Waals surface area (Å²) in [6.45, 7) is 13.2. The van der Waals surface area contributed by atoms with Gasteiger partial charge in [0.2, 0.25) is 0 Å². The third-order valence-corrected chi connectivity index (χ3v) is 6.83. The van der Waals surface area contributed by atoms with E-state index in [-0.39, 0.29) is 32.7 Å². The summed E-state index contributed by atoms with van der Waals surface area (Å²) in [6.07, 6.45) is 3.39. The largest absolute Gasteiger partial charge is 4.00 e. The average molecular weight is 377 g/mol. The van der Waals surface area contributed by atoms with Gasteiger partial charge in [-0.3, -0.25) is 0 Å². The van der Waals surface area contributed by atoms with E-state index in [0.29, 0.717) is 5.92 Å². The van der Waals surface area contributed by atoms with E-state index in [1.165, 1.54) is 16.7 Å². The van der Waals surface area contributed by atoms with E-state index in [4.69, 9.17) is 0 Å². The van der Waals surface area contributed by atoms with Crippen LogP contribution in [-0.2, 0) is 26.2 Å². The van der Waals surface area contributed by atoms with Crippen LogP contribution in [0.1, 0.15) is 65.0 Å². The van der Waals surface area contributed by atoms with Gasteiger partial charge in [0.25, 0.3) is 0 Å². The van der Waals surface area contributed by atoms with E-state index in [9.17, 15) is 4.46 Å². The topological polar surface area (TPSA) is 20.3 Å². The van der Waals surface area contributed by atoms with Gasteiger partial charge in [0.15, 0.2) is 0 Å². The molecule has 1 unspecified atom stereocenters. The van der Waals surface area contributed by atoms with Gasteiger partial charge in [-0.1, -0.05) is 56.7 Å². The fourth-order valence-electron chi connectivity index (χ4n) is 3.17. The molecule has 1 aromatic rings. The monoisotopic (exact) mass is 377 g/mol. The predicted octanol–water partition coefficient (Wildman–Crippen LogP) is 5.25. The Labute approximate surface area is 164 Å². The first-order valence-corrected chi connectivity index (χ1v) is 10.1. The van der Waals surface area contributed by atoms with Crippen LogP contribution in [0.3, 0.4) is 0 Å². The van der Waals surface area contributed by atoms with Gasteiger partial charge in [-0.25, -0.2) is 0 Å². The maximum absolute atomic E-state index is 13.0. The molecule has 0 saturated heterocycles. The molecule has 0 spiro atoms. The maximum atomic E-state index is 13.0. The number of benzene rings is 1. The van der Waals surface area contributed by atoms with Gasteiger partial charge in [-0.15, -0.1) is 0 Å². The first-order valence-electron chi connectivity index (χ1n) is 8.55. The molecule has 1 aliphatic carbocycles. The molecular formula is C20H31NOSiTi+4. The summed E-state index contributed by atoms with van der Waals surface area (Å²) >= 11 is 0. The molecule has 1 aliphatic rings. The van der Waals surface area contributed by atoms with Crippen molar-refractivity contribution in [3.8, 4) is 0 Å². The smallest absolute Gasteiger partial charge is 0.375 e. The van der Waals surface area contributed by atoms with Crippen LogP contribution in [0.4, 0.5) is 0 Å². The van der Waals surface area contributed by atoms with E-state index in [2.05, 4.69) is 76.4 Å². The molecule has 0 N–H and O–H groups in total. The van der Waals surface area contributed by atoms with E-state index in [1.54, 1.807) is 0 Å². The molecule has 0 aliphatic heterocycles. The molecule has 0 aromatic heterocycles. The first-order chi connectivity index (χ1) is 10.5. The van der Waals surface area contributed by atoms with Gasteiger partial charge >= 0.3 is 30.6 Å². The van der Waals surface area contributed by atoms with E-state index >= 15 is 0 Å². The Hall–Kier alpha value is -0.509. The number of rotatable bonds is 4. The molecule has 1 atom stereocenters. The third kappa shape index (κ3) is 5.24. The van der Waals surface area contributed by atoms with Crippen LogP contribution >= 0.6 is 0 Å². The molecule has 0 saturated carbocycles. The number of allylic oxidation sites excluding steroid dienone is 1. The summed E-state index contributed by atoms with van der Waals surface area (Å²) in [4.78, 5) is 0. The minimum Gasteiger partial charge on any atom is -0.375 e. The molecule has 4 heteroatoms. The number of hydrogen-bond donors (Lipinski definition) is 0. The second-order valence-electron chi connectivity index (χ2n) is 8.97.